The number of amides is 2. The fraction of sp³-hybridized carbons (Fsp3) is 0.560. The van der Waals surface area contributed by atoms with Gasteiger partial charge in [-0.2, -0.15) is 8.78 Å². The molecule has 1 saturated heterocycles. The molecule has 2 atom stereocenters. The maximum atomic E-state index is 13.0. The van der Waals surface area contributed by atoms with Gasteiger partial charge in [0.15, 0.2) is 23.0 Å². The van der Waals surface area contributed by atoms with Crippen LogP contribution in [0.3, 0.4) is 0 Å². The number of rotatable bonds is 10. The zero-order valence-electron chi connectivity index (χ0n) is 21.3. The Labute approximate surface area is 225 Å². The molecular weight excluding hydrogens is 526 g/mol. The Kier molecular flexibility index (Phi) is 10.1. The minimum absolute atomic E-state index is 0. The van der Waals surface area contributed by atoms with Crippen molar-refractivity contribution in [2.45, 2.75) is 45.3 Å². The summed E-state index contributed by atoms with van der Waals surface area (Å²) in [4.78, 5) is 30.9. The normalized spacial score (nSPS) is 17.9. The van der Waals surface area contributed by atoms with E-state index in [9.17, 15) is 18.4 Å². The van der Waals surface area contributed by atoms with Gasteiger partial charge in [0, 0.05) is 25.2 Å². The molecule has 10 nitrogen and oxygen atoms in total. The number of hydrogen-bond donors (Lipinski definition) is 2. The van der Waals surface area contributed by atoms with Gasteiger partial charge in [-0.15, -0.1) is 12.4 Å². The molecule has 0 spiro atoms. The third-order valence-electron chi connectivity index (χ3n) is 6.36. The van der Waals surface area contributed by atoms with Crippen LogP contribution in [0.5, 0.6) is 11.5 Å². The van der Waals surface area contributed by atoms with Crippen LogP contribution in [0, 0.1) is 11.8 Å². The molecule has 1 aliphatic heterocycles. The standard InChI is InChI=1S/C25H32F2N4O6.ClH/c1-14(28)21-20(22(32)29-11-16-4-3-9-31(12-16)25(33)34-2)30-23(37-21)17-7-8-18(36-24(26)27)19(10-17)35-13-15-5-6-15;/h7-8,10,14-16,24H,3-6,9,11-13,28H2,1-2H3,(H,29,32);1H. The van der Waals surface area contributed by atoms with E-state index in [1.807, 2.05) is 0 Å². The maximum Gasteiger partial charge on any atom is 0.409 e. The summed E-state index contributed by atoms with van der Waals surface area (Å²) in [7, 11) is 1.34. The Hall–Kier alpha value is -3.12. The van der Waals surface area contributed by atoms with Crippen molar-refractivity contribution in [1.82, 2.24) is 15.2 Å². The number of halogens is 3. The average molecular weight is 559 g/mol. The van der Waals surface area contributed by atoms with Crippen molar-refractivity contribution in [1.29, 1.82) is 0 Å². The number of piperidine rings is 1. The van der Waals surface area contributed by atoms with Gasteiger partial charge in [-0.25, -0.2) is 9.78 Å². The summed E-state index contributed by atoms with van der Waals surface area (Å²) < 4.78 is 46.7. The number of carbonyl (C=O) groups excluding carboxylic acids is 2. The van der Waals surface area contributed by atoms with Crippen molar-refractivity contribution in [3.05, 3.63) is 29.7 Å². The van der Waals surface area contributed by atoms with Gasteiger partial charge in [0.05, 0.1) is 19.8 Å². The molecule has 210 valence electrons. The first-order valence-corrected chi connectivity index (χ1v) is 12.3. The minimum Gasteiger partial charge on any atom is -0.489 e. The lowest BCUT2D eigenvalue weighted by atomic mass is 9.98. The Morgan fingerprint density at radius 1 is 1.24 bits per heavy atom. The van der Waals surface area contributed by atoms with Crippen LogP contribution in [0.15, 0.2) is 22.6 Å². The fourth-order valence-corrected chi connectivity index (χ4v) is 4.21. The molecule has 2 amide bonds. The summed E-state index contributed by atoms with van der Waals surface area (Å²) in [6.45, 7) is 0.494. The topological polar surface area (TPSA) is 129 Å². The zero-order valence-corrected chi connectivity index (χ0v) is 22.1. The quantitative estimate of drug-likeness (QED) is 0.439. The van der Waals surface area contributed by atoms with E-state index in [1.54, 1.807) is 11.8 Å². The predicted octanol–water partition coefficient (Wildman–Crippen LogP) is 4.38. The number of ether oxygens (including phenoxy) is 3. The van der Waals surface area contributed by atoms with Gasteiger partial charge >= 0.3 is 12.7 Å². The van der Waals surface area contributed by atoms with E-state index < -0.39 is 18.6 Å². The van der Waals surface area contributed by atoms with E-state index in [4.69, 9.17) is 19.6 Å². The summed E-state index contributed by atoms with van der Waals surface area (Å²) in [5.41, 5.74) is 6.51. The number of benzene rings is 1. The highest BCUT2D eigenvalue weighted by atomic mass is 35.5. The van der Waals surface area contributed by atoms with Crippen LogP contribution < -0.4 is 20.5 Å². The molecule has 1 saturated carbocycles. The Morgan fingerprint density at radius 2 is 2.00 bits per heavy atom. The third-order valence-corrected chi connectivity index (χ3v) is 6.36. The molecule has 1 aromatic heterocycles. The SMILES string of the molecule is COC(=O)N1CCCC(CNC(=O)c2nc(-c3ccc(OC(F)F)c(OCC4CC4)c3)oc2C(C)N)C1.Cl. The highest BCUT2D eigenvalue weighted by Gasteiger charge is 2.28. The van der Waals surface area contributed by atoms with Crippen molar-refractivity contribution in [2.24, 2.45) is 17.6 Å². The Morgan fingerprint density at radius 3 is 2.66 bits per heavy atom. The van der Waals surface area contributed by atoms with Crippen molar-refractivity contribution in [3.63, 3.8) is 0 Å². The van der Waals surface area contributed by atoms with Gasteiger partial charge in [-0.3, -0.25) is 4.79 Å². The first kappa shape index (κ1) is 29.4. The zero-order chi connectivity index (χ0) is 26.5. The average Bonchev–Trinajstić information content (AvgIpc) is 3.60. The molecule has 3 N–H and O–H groups in total. The van der Waals surface area contributed by atoms with E-state index in [1.165, 1.54) is 25.3 Å². The third kappa shape index (κ3) is 7.47. The number of nitrogens with one attached hydrogen (secondary N) is 1. The van der Waals surface area contributed by atoms with Gasteiger partial charge in [0.2, 0.25) is 5.89 Å². The van der Waals surface area contributed by atoms with Gasteiger partial charge in [-0.1, -0.05) is 0 Å². The van der Waals surface area contributed by atoms with E-state index >= 15 is 0 Å². The van der Waals surface area contributed by atoms with E-state index in [2.05, 4.69) is 15.0 Å². The number of likely N-dealkylation sites (tertiary alicyclic amines) is 1. The molecule has 2 aromatic rings. The van der Waals surface area contributed by atoms with Crippen molar-refractivity contribution in [2.75, 3.05) is 33.4 Å². The Balaban J connectivity index is 0.00000400. The predicted molar refractivity (Wildman–Crippen MR) is 136 cm³/mol. The molecule has 4 rings (SSSR count). The first-order valence-electron chi connectivity index (χ1n) is 12.3. The minimum atomic E-state index is -3.00. The first-order chi connectivity index (χ1) is 17.7. The number of hydrogen-bond acceptors (Lipinski definition) is 8. The van der Waals surface area contributed by atoms with Gasteiger partial charge < -0.3 is 34.6 Å². The van der Waals surface area contributed by atoms with Gasteiger partial charge in [0.1, 0.15) is 0 Å². The number of nitrogens with zero attached hydrogens (tertiary/aromatic N) is 2. The van der Waals surface area contributed by atoms with Crippen molar-refractivity contribution >= 4 is 24.4 Å². The highest BCUT2D eigenvalue weighted by Crippen LogP contribution is 2.37. The van der Waals surface area contributed by atoms with E-state index in [-0.39, 0.29) is 53.3 Å². The summed E-state index contributed by atoms with van der Waals surface area (Å²) in [6, 6.07) is 3.74. The van der Waals surface area contributed by atoms with Gasteiger partial charge in [-0.05, 0) is 62.6 Å². The fourth-order valence-electron chi connectivity index (χ4n) is 4.21. The summed E-state index contributed by atoms with van der Waals surface area (Å²) >= 11 is 0. The number of alkyl halides is 2. The number of oxazole rings is 1. The molecule has 2 heterocycles. The van der Waals surface area contributed by atoms with E-state index in [0.717, 1.165) is 25.7 Å². The van der Waals surface area contributed by atoms with Crippen molar-refractivity contribution < 1.29 is 37.0 Å². The molecule has 0 bridgehead atoms. The summed E-state index contributed by atoms with van der Waals surface area (Å²) in [5, 5.41) is 2.86. The summed E-state index contributed by atoms with van der Waals surface area (Å²) in [6.07, 6.45) is 3.34. The second-order valence-corrected chi connectivity index (χ2v) is 9.45. The highest BCUT2D eigenvalue weighted by molar-refractivity contribution is 5.94. The van der Waals surface area contributed by atoms with Crippen LogP contribution in [0.1, 0.15) is 54.9 Å². The van der Waals surface area contributed by atoms with Crippen LogP contribution in [-0.4, -0.2) is 61.8 Å². The maximum absolute atomic E-state index is 13.0. The molecule has 13 heteroatoms. The van der Waals surface area contributed by atoms with Crippen LogP contribution in [0.25, 0.3) is 11.5 Å². The molecular formula is C25H33ClF2N4O6. The molecule has 1 aromatic carbocycles. The van der Waals surface area contributed by atoms with Crippen LogP contribution >= 0.6 is 12.4 Å². The van der Waals surface area contributed by atoms with Crippen molar-refractivity contribution in [3.8, 4) is 23.0 Å². The Bertz CT molecular complexity index is 1110. The smallest absolute Gasteiger partial charge is 0.409 e. The lowest BCUT2D eigenvalue weighted by Gasteiger charge is -2.31. The lowest BCUT2D eigenvalue weighted by Crippen LogP contribution is -2.43. The second kappa shape index (κ2) is 13.1. The molecule has 2 fully saturated rings. The van der Waals surface area contributed by atoms with E-state index in [0.29, 0.717) is 37.7 Å². The van der Waals surface area contributed by atoms with Crippen LogP contribution in [0.2, 0.25) is 0 Å². The van der Waals surface area contributed by atoms with Gasteiger partial charge in [0.25, 0.3) is 5.91 Å². The molecule has 0 radical (unpaired) electrons. The van der Waals surface area contributed by atoms with Crippen LogP contribution in [-0.2, 0) is 4.74 Å². The number of nitrogens with two attached hydrogens (primary N) is 1. The molecule has 1 aliphatic carbocycles. The summed E-state index contributed by atoms with van der Waals surface area (Å²) in [5.74, 6) is 0.352. The second-order valence-electron chi connectivity index (χ2n) is 9.45. The molecule has 38 heavy (non-hydrogen) atoms. The monoisotopic (exact) mass is 558 g/mol. The van der Waals surface area contributed by atoms with Crippen LogP contribution in [0.4, 0.5) is 13.6 Å². The lowest BCUT2D eigenvalue weighted by molar-refractivity contribution is -0.0515. The largest absolute Gasteiger partial charge is 0.489 e. The molecule has 2 unspecified atom stereocenters. The number of carbonyl (C=O) groups is 2. The molecule has 2 aliphatic rings. The number of methoxy groups -OCH3 is 1. The number of aromatic nitrogens is 1.